The highest BCUT2D eigenvalue weighted by molar-refractivity contribution is 14.0. The molecular weight excluding hydrogens is 495 g/mol. The molecular formula is C22H29IN4O3. The first-order valence-electron chi connectivity index (χ1n) is 9.83. The van der Waals surface area contributed by atoms with E-state index in [2.05, 4.69) is 21.7 Å². The molecule has 0 fully saturated rings. The number of amides is 1. The zero-order valence-electron chi connectivity index (χ0n) is 17.6. The van der Waals surface area contributed by atoms with Crippen molar-refractivity contribution in [2.75, 3.05) is 44.1 Å². The van der Waals surface area contributed by atoms with Crippen molar-refractivity contribution in [2.45, 2.75) is 19.8 Å². The number of hydrogen-bond donors (Lipinski definition) is 2. The number of halogens is 1. The zero-order valence-corrected chi connectivity index (χ0v) is 19.9. The Morgan fingerprint density at radius 2 is 2.00 bits per heavy atom. The van der Waals surface area contributed by atoms with E-state index in [0.29, 0.717) is 24.1 Å². The standard InChI is InChI=1S/C22H28N4O3.HI/c1-4-29-20-14-17(11-12-19(20)28-3)25-22(23-2)24-15-21(27)26-13-7-9-16-8-5-6-10-18(16)26;/h5-6,8,10-12,14H,4,7,9,13,15H2,1-3H3,(H2,23,24,25);1H. The van der Waals surface area contributed by atoms with Crippen LogP contribution >= 0.6 is 24.0 Å². The number of aliphatic imine (C=N–C) groups is 1. The maximum absolute atomic E-state index is 12.8. The van der Waals surface area contributed by atoms with E-state index in [0.717, 1.165) is 30.8 Å². The van der Waals surface area contributed by atoms with Gasteiger partial charge in [0.15, 0.2) is 17.5 Å². The topological polar surface area (TPSA) is 75.2 Å². The van der Waals surface area contributed by atoms with Crippen LogP contribution in [0.5, 0.6) is 11.5 Å². The molecule has 0 bridgehead atoms. The van der Waals surface area contributed by atoms with Crippen molar-refractivity contribution in [1.29, 1.82) is 0 Å². The Bertz CT molecular complexity index is 888. The van der Waals surface area contributed by atoms with Crippen molar-refractivity contribution in [3.63, 3.8) is 0 Å². The number of guanidine groups is 1. The molecule has 162 valence electrons. The summed E-state index contributed by atoms with van der Waals surface area (Å²) in [5.41, 5.74) is 3.01. The number of nitrogens with one attached hydrogen (secondary N) is 2. The third-order valence-electron chi connectivity index (χ3n) is 4.77. The van der Waals surface area contributed by atoms with Crippen molar-refractivity contribution >= 4 is 47.2 Å². The first-order valence-corrected chi connectivity index (χ1v) is 9.83. The van der Waals surface area contributed by atoms with E-state index in [-0.39, 0.29) is 36.4 Å². The summed E-state index contributed by atoms with van der Waals surface area (Å²) < 4.78 is 10.9. The molecule has 1 aliphatic heterocycles. The number of nitrogens with zero attached hydrogens (tertiary/aromatic N) is 2. The Morgan fingerprint density at radius 1 is 1.20 bits per heavy atom. The number of anilines is 2. The average molecular weight is 524 g/mol. The lowest BCUT2D eigenvalue weighted by atomic mass is 10.0. The van der Waals surface area contributed by atoms with Gasteiger partial charge in [-0.05, 0) is 43.5 Å². The Morgan fingerprint density at radius 3 is 2.73 bits per heavy atom. The normalized spacial score (nSPS) is 13.0. The van der Waals surface area contributed by atoms with Gasteiger partial charge in [0.2, 0.25) is 5.91 Å². The fourth-order valence-electron chi connectivity index (χ4n) is 3.39. The molecule has 0 atom stereocenters. The van der Waals surface area contributed by atoms with Crippen LogP contribution in [0.25, 0.3) is 0 Å². The molecule has 0 saturated heterocycles. The van der Waals surface area contributed by atoms with Gasteiger partial charge >= 0.3 is 0 Å². The van der Waals surface area contributed by atoms with E-state index in [1.165, 1.54) is 5.56 Å². The number of fused-ring (bicyclic) bond motifs is 1. The monoisotopic (exact) mass is 524 g/mol. The highest BCUT2D eigenvalue weighted by Gasteiger charge is 2.22. The average Bonchev–Trinajstić information content (AvgIpc) is 2.76. The van der Waals surface area contributed by atoms with Crippen LogP contribution in [0.15, 0.2) is 47.5 Å². The highest BCUT2D eigenvalue weighted by Crippen LogP contribution is 2.30. The summed E-state index contributed by atoms with van der Waals surface area (Å²) in [5.74, 6) is 1.84. The summed E-state index contributed by atoms with van der Waals surface area (Å²) >= 11 is 0. The second-order valence-corrected chi connectivity index (χ2v) is 6.63. The molecule has 0 spiro atoms. The van der Waals surface area contributed by atoms with Gasteiger partial charge in [-0.1, -0.05) is 18.2 Å². The van der Waals surface area contributed by atoms with Gasteiger partial charge in [-0.15, -0.1) is 24.0 Å². The minimum absolute atomic E-state index is 0. The Kier molecular flexibility index (Phi) is 9.22. The predicted octanol–water partition coefficient (Wildman–Crippen LogP) is 3.68. The molecule has 1 heterocycles. The lowest BCUT2D eigenvalue weighted by Gasteiger charge is -2.29. The molecule has 0 unspecified atom stereocenters. The molecule has 8 heteroatoms. The molecule has 30 heavy (non-hydrogen) atoms. The summed E-state index contributed by atoms with van der Waals surface area (Å²) in [7, 11) is 3.28. The largest absolute Gasteiger partial charge is 0.493 e. The fourth-order valence-corrected chi connectivity index (χ4v) is 3.39. The van der Waals surface area contributed by atoms with Crippen LogP contribution in [0.2, 0.25) is 0 Å². The van der Waals surface area contributed by atoms with E-state index in [9.17, 15) is 4.79 Å². The van der Waals surface area contributed by atoms with Gasteiger partial charge in [-0.2, -0.15) is 0 Å². The summed E-state index contributed by atoms with van der Waals surface area (Å²) in [6, 6.07) is 13.6. The molecule has 2 N–H and O–H groups in total. The van der Waals surface area contributed by atoms with Crippen molar-refractivity contribution in [1.82, 2.24) is 5.32 Å². The molecule has 1 aliphatic rings. The summed E-state index contributed by atoms with van der Waals surface area (Å²) in [4.78, 5) is 18.9. The molecule has 0 aliphatic carbocycles. The van der Waals surface area contributed by atoms with Crippen LogP contribution in [-0.2, 0) is 11.2 Å². The van der Waals surface area contributed by atoms with Gasteiger partial charge in [0, 0.05) is 31.0 Å². The van der Waals surface area contributed by atoms with Crippen LogP contribution in [0.4, 0.5) is 11.4 Å². The number of aryl methyl sites for hydroxylation is 1. The summed E-state index contributed by atoms with van der Waals surface area (Å²) in [6.45, 7) is 3.35. The van der Waals surface area contributed by atoms with Crippen molar-refractivity contribution < 1.29 is 14.3 Å². The van der Waals surface area contributed by atoms with Gasteiger partial charge in [0.25, 0.3) is 0 Å². The number of para-hydroxylation sites is 1. The minimum atomic E-state index is 0. The molecule has 0 aromatic heterocycles. The number of ether oxygens (including phenoxy) is 2. The Balaban J connectivity index is 0.00000320. The molecule has 2 aromatic rings. The molecule has 2 aromatic carbocycles. The third kappa shape index (κ3) is 5.78. The lowest BCUT2D eigenvalue weighted by Crippen LogP contribution is -2.44. The Hall–Kier alpha value is -2.49. The zero-order chi connectivity index (χ0) is 20.6. The first-order chi connectivity index (χ1) is 14.2. The lowest BCUT2D eigenvalue weighted by molar-refractivity contribution is -0.117. The van der Waals surface area contributed by atoms with Gasteiger partial charge in [0.1, 0.15) is 0 Å². The number of carbonyl (C=O) groups excluding carboxylic acids is 1. The van der Waals surface area contributed by atoms with E-state index in [4.69, 9.17) is 9.47 Å². The maximum Gasteiger partial charge on any atom is 0.246 e. The molecule has 0 radical (unpaired) electrons. The number of benzene rings is 2. The van der Waals surface area contributed by atoms with Crippen LogP contribution in [0.1, 0.15) is 18.9 Å². The minimum Gasteiger partial charge on any atom is -0.493 e. The smallest absolute Gasteiger partial charge is 0.246 e. The van der Waals surface area contributed by atoms with Crippen molar-refractivity contribution in [3.8, 4) is 11.5 Å². The molecule has 7 nitrogen and oxygen atoms in total. The van der Waals surface area contributed by atoms with Crippen LogP contribution in [0.3, 0.4) is 0 Å². The van der Waals surface area contributed by atoms with E-state index < -0.39 is 0 Å². The van der Waals surface area contributed by atoms with Gasteiger partial charge in [-0.25, -0.2) is 0 Å². The Labute approximate surface area is 194 Å². The van der Waals surface area contributed by atoms with Crippen molar-refractivity contribution in [2.24, 2.45) is 4.99 Å². The SMILES string of the molecule is CCOc1cc(NC(=NC)NCC(=O)N2CCCc3ccccc32)ccc1OC.I. The van der Waals surface area contributed by atoms with Crippen LogP contribution < -0.4 is 25.0 Å². The summed E-state index contributed by atoms with van der Waals surface area (Å²) in [6.07, 6.45) is 1.98. The fraction of sp³-hybridized carbons (Fsp3) is 0.364. The quantitative estimate of drug-likeness (QED) is 0.343. The number of methoxy groups -OCH3 is 1. The third-order valence-corrected chi connectivity index (χ3v) is 4.77. The molecule has 1 amide bonds. The van der Waals surface area contributed by atoms with Gasteiger partial charge in [-0.3, -0.25) is 9.79 Å². The molecule has 0 saturated carbocycles. The second kappa shape index (κ2) is 11.6. The number of hydrogen-bond acceptors (Lipinski definition) is 4. The summed E-state index contributed by atoms with van der Waals surface area (Å²) in [5, 5.41) is 6.29. The predicted molar refractivity (Wildman–Crippen MR) is 132 cm³/mol. The van der Waals surface area contributed by atoms with Gasteiger partial charge < -0.3 is 25.0 Å². The molecule has 3 rings (SSSR count). The van der Waals surface area contributed by atoms with Crippen LogP contribution in [-0.4, -0.2) is 45.7 Å². The van der Waals surface area contributed by atoms with Crippen molar-refractivity contribution in [3.05, 3.63) is 48.0 Å². The van der Waals surface area contributed by atoms with E-state index in [1.807, 2.05) is 48.2 Å². The van der Waals surface area contributed by atoms with Crippen LogP contribution in [0, 0.1) is 0 Å². The second-order valence-electron chi connectivity index (χ2n) is 6.63. The first kappa shape index (κ1) is 23.8. The maximum atomic E-state index is 12.8. The van der Waals surface area contributed by atoms with E-state index >= 15 is 0 Å². The number of rotatable bonds is 6. The number of carbonyl (C=O) groups is 1. The van der Waals surface area contributed by atoms with Gasteiger partial charge in [0.05, 0.1) is 20.3 Å². The highest BCUT2D eigenvalue weighted by atomic mass is 127. The van der Waals surface area contributed by atoms with E-state index in [1.54, 1.807) is 14.2 Å².